The molecule has 1 heterocycles. The van der Waals surface area contributed by atoms with Crippen molar-refractivity contribution in [3.63, 3.8) is 0 Å². The van der Waals surface area contributed by atoms with Crippen LogP contribution in [0.5, 0.6) is 11.5 Å². The molecular weight excluding hydrogens is 451 g/mol. The molecule has 0 unspecified atom stereocenters. The number of Topliss-reactive ketones (excluding diaryl/α,β-unsaturated/α-hetero) is 1. The number of ketones is 1. The van der Waals surface area contributed by atoms with Crippen molar-refractivity contribution < 1.29 is 23.8 Å². The maximum Gasteiger partial charge on any atom is 0.337 e. The molecule has 162 valence electrons. The summed E-state index contributed by atoms with van der Waals surface area (Å²) in [7, 11) is 1.34. The van der Waals surface area contributed by atoms with Gasteiger partial charge in [0.25, 0.3) is 0 Å². The van der Waals surface area contributed by atoms with Gasteiger partial charge in [-0.2, -0.15) is 0 Å². The molecule has 0 saturated carbocycles. The Morgan fingerprint density at radius 3 is 2.41 bits per heavy atom. The van der Waals surface area contributed by atoms with E-state index in [0.717, 1.165) is 11.1 Å². The number of carbonyl (C=O) groups excluding carboxylic acids is 2. The first kappa shape index (κ1) is 21.9. The standard InChI is InChI=1S/C25H18Cl2O5/c1-14-10-17(31-13-15-6-8-16(9-7-15)25(29)30-2)11-21-23(14)24(28)22(32-21)12-18-19(26)4-3-5-20(18)27/h3-12H,13H2,1-2H3/b22-12-. The Hall–Kier alpha value is -3.28. The second-order valence-corrected chi connectivity index (χ2v) is 7.98. The van der Waals surface area contributed by atoms with Crippen LogP contribution in [0.1, 0.15) is 37.4 Å². The van der Waals surface area contributed by atoms with Gasteiger partial charge in [-0.3, -0.25) is 4.79 Å². The number of halogens is 2. The second-order valence-electron chi connectivity index (χ2n) is 7.17. The van der Waals surface area contributed by atoms with Crippen molar-refractivity contribution in [2.75, 3.05) is 7.11 Å². The van der Waals surface area contributed by atoms with E-state index in [1.54, 1.807) is 60.7 Å². The van der Waals surface area contributed by atoms with Gasteiger partial charge in [0.05, 0.1) is 18.2 Å². The summed E-state index contributed by atoms with van der Waals surface area (Å²) >= 11 is 12.4. The van der Waals surface area contributed by atoms with Gasteiger partial charge in [-0.05, 0) is 54.5 Å². The highest BCUT2D eigenvalue weighted by Crippen LogP contribution is 2.39. The topological polar surface area (TPSA) is 61.8 Å². The molecule has 1 aliphatic rings. The summed E-state index contributed by atoms with van der Waals surface area (Å²) in [5.41, 5.74) is 3.08. The molecule has 3 aromatic rings. The number of rotatable bonds is 5. The summed E-state index contributed by atoms with van der Waals surface area (Å²) in [6, 6.07) is 15.5. The molecule has 0 aliphatic carbocycles. The SMILES string of the molecule is COC(=O)c1ccc(COc2cc(C)c3c(c2)O/C(=C\c2c(Cl)cccc2Cl)C3=O)cc1. The number of esters is 1. The highest BCUT2D eigenvalue weighted by molar-refractivity contribution is 6.37. The fourth-order valence-electron chi connectivity index (χ4n) is 3.36. The summed E-state index contributed by atoms with van der Waals surface area (Å²) < 4.78 is 16.4. The lowest BCUT2D eigenvalue weighted by molar-refractivity contribution is 0.0600. The van der Waals surface area contributed by atoms with Crippen LogP contribution >= 0.6 is 23.2 Å². The molecule has 7 heteroatoms. The number of carbonyl (C=O) groups is 2. The maximum absolute atomic E-state index is 12.9. The van der Waals surface area contributed by atoms with E-state index in [1.807, 2.05) is 6.92 Å². The molecule has 32 heavy (non-hydrogen) atoms. The summed E-state index contributed by atoms with van der Waals surface area (Å²) in [5, 5.41) is 0.854. The van der Waals surface area contributed by atoms with Crippen LogP contribution in [-0.2, 0) is 11.3 Å². The van der Waals surface area contributed by atoms with E-state index in [2.05, 4.69) is 0 Å². The van der Waals surface area contributed by atoms with Crippen LogP contribution in [0.25, 0.3) is 6.08 Å². The van der Waals surface area contributed by atoms with E-state index in [9.17, 15) is 9.59 Å². The van der Waals surface area contributed by atoms with Crippen molar-refractivity contribution >= 4 is 41.0 Å². The van der Waals surface area contributed by atoms with E-state index in [1.165, 1.54) is 7.11 Å². The molecule has 0 spiro atoms. The largest absolute Gasteiger partial charge is 0.489 e. The zero-order valence-electron chi connectivity index (χ0n) is 17.3. The molecule has 0 N–H and O–H groups in total. The number of fused-ring (bicyclic) bond motifs is 1. The van der Waals surface area contributed by atoms with Gasteiger partial charge in [0.15, 0.2) is 5.76 Å². The minimum absolute atomic E-state index is 0.147. The van der Waals surface area contributed by atoms with E-state index < -0.39 is 5.97 Å². The van der Waals surface area contributed by atoms with Gasteiger partial charge in [0.1, 0.15) is 18.1 Å². The number of aryl methyl sites for hydroxylation is 1. The normalized spacial score (nSPS) is 13.6. The van der Waals surface area contributed by atoms with Crippen LogP contribution in [-0.4, -0.2) is 18.9 Å². The lowest BCUT2D eigenvalue weighted by Gasteiger charge is -2.09. The molecule has 1 aliphatic heterocycles. The lowest BCUT2D eigenvalue weighted by Crippen LogP contribution is -2.02. The molecule has 4 rings (SSSR count). The Balaban J connectivity index is 1.53. The number of methoxy groups -OCH3 is 1. The highest BCUT2D eigenvalue weighted by atomic mass is 35.5. The number of hydrogen-bond acceptors (Lipinski definition) is 5. The van der Waals surface area contributed by atoms with E-state index >= 15 is 0 Å². The molecular formula is C25H18Cl2O5. The Morgan fingerprint density at radius 1 is 1.06 bits per heavy atom. The van der Waals surface area contributed by atoms with E-state index in [-0.39, 0.29) is 18.1 Å². The second kappa shape index (κ2) is 9.07. The smallest absolute Gasteiger partial charge is 0.337 e. The molecule has 0 saturated heterocycles. The van der Waals surface area contributed by atoms with E-state index in [0.29, 0.717) is 38.2 Å². The van der Waals surface area contributed by atoms with Crippen LogP contribution in [0.15, 0.2) is 60.4 Å². The average Bonchev–Trinajstić information content (AvgIpc) is 3.10. The third kappa shape index (κ3) is 4.35. The van der Waals surface area contributed by atoms with Gasteiger partial charge >= 0.3 is 5.97 Å². The first-order valence-corrected chi connectivity index (χ1v) is 10.5. The molecule has 3 aromatic carbocycles. The van der Waals surface area contributed by atoms with Crippen LogP contribution in [0.4, 0.5) is 0 Å². The Kier molecular flexibility index (Phi) is 6.21. The fourth-order valence-corrected chi connectivity index (χ4v) is 3.87. The van der Waals surface area contributed by atoms with Gasteiger partial charge in [-0.1, -0.05) is 41.4 Å². The Morgan fingerprint density at radius 2 is 1.75 bits per heavy atom. The van der Waals surface area contributed by atoms with Gasteiger partial charge in [-0.25, -0.2) is 4.79 Å². The zero-order chi connectivity index (χ0) is 22.8. The van der Waals surface area contributed by atoms with Crippen LogP contribution < -0.4 is 9.47 Å². The van der Waals surface area contributed by atoms with Crippen molar-refractivity contribution in [3.8, 4) is 11.5 Å². The molecule has 0 fully saturated rings. The average molecular weight is 469 g/mol. The van der Waals surface area contributed by atoms with Gasteiger partial charge in [0, 0.05) is 21.7 Å². The van der Waals surface area contributed by atoms with Crippen LogP contribution in [0, 0.1) is 6.92 Å². The molecule has 0 radical (unpaired) electrons. The molecule has 5 nitrogen and oxygen atoms in total. The van der Waals surface area contributed by atoms with Gasteiger partial charge in [-0.15, -0.1) is 0 Å². The Bertz CT molecular complexity index is 1230. The van der Waals surface area contributed by atoms with Crippen molar-refractivity contribution in [3.05, 3.63) is 98.2 Å². The fraction of sp³-hybridized carbons (Fsp3) is 0.120. The van der Waals surface area contributed by atoms with Crippen LogP contribution in [0.3, 0.4) is 0 Å². The predicted molar refractivity (Wildman–Crippen MR) is 123 cm³/mol. The third-order valence-corrected chi connectivity index (χ3v) is 5.66. The number of hydrogen-bond donors (Lipinski definition) is 0. The Labute approximate surface area is 195 Å². The monoisotopic (exact) mass is 468 g/mol. The third-order valence-electron chi connectivity index (χ3n) is 5.00. The van der Waals surface area contributed by atoms with Gasteiger partial charge in [0.2, 0.25) is 5.78 Å². The summed E-state index contributed by atoms with van der Waals surface area (Å²) in [6.07, 6.45) is 1.55. The predicted octanol–water partition coefficient (Wildman–Crippen LogP) is 6.28. The first-order valence-electron chi connectivity index (χ1n) is 9.70. The van der Waals surface area contributed by atoms with Crippen LogP contribution in [0.2, 0.25) is 10.0 Å². The lowest BCUT2D eigenvalue weighted by atomic mass is 10.0. The van der Waals surface area contributed by atoms with Crippen molar-refractivity contribution in [2.45, 2.75) is 13.5 Å². The van der Waals surface area contributed by atoms with Crippen molar-refractivity contribution in [2.24, 2.45) is 0 Å². The number of allylic oxidation sites excluding steroid dienone is 1. The summed E-state index contributed by atoms with van der Waals surface area (Å²) in [6.45, 7) is 2.11. The number of ether oxygens (including phenoxy) is 3. The molecule has 0 atom stereocenters. The summed E-state index contributed by atoms with van der Waals surface area (Å²) in [4.78, 5) is 24.4. The molecule has 0 bridgehead atoms. The first-order chi connectivity index (χ1) is 15.4. The minimum atomic E-state index is -0.393. The zero-order valence-corrected chi connectivity index (χ0v) is 18.8. The maximum atomic E-state index is 12.9. The number of benzene rings is 3. The summed E-state index contributed by atoms with van der Waals surface area (Å²) in [5.74, 6) is 0.492. The quantitative estimate of drug-likeness (QED) is 0.325. The highest BCUT2D eigenvalue weighted by Gasteiger charge is 2.30. The van der Waals surface area contributed by atoms with Crippen molar-refractivity contribution in [1.82, 2.24) is 0 Å². The minimum Gasteiger partial charge on any atom is -0.489 e. The molecule has 0 aromatic heterocycles. The molecule has 0 amide bonds. The van der Waals surface area contributed by atoms with Gasteiger partial charge < -0.3 is 14.2 Å². The van der Waals surface area contributed by atoms with E-state index in [4.69, 9.17) is 37.4 Å². The van der Waals surface area contributed by atoms with Crippen molar-refractivity contribution in [1.29, 1.82) is 0 Å².